The van der Waals surface area contributed by atoms with Crippen LogP contribution in [0.4, 0.5) is 5.69 Å². The Morgan fingerprint density at radius 3 is 2.42 bits per heavy atom. The van der Waals surface area contributed by atoms with Crippen LogP contribution in [-0.4, -0.2) is 70.3 Å². The smallest absolute Gasteiger partial charge is 0.303 e. The molecule has 45 heavy (non-hydrogen) atoms. The Morgan fingerprint density at radius 1 is 0.933 bits per heavy atom. The van der Waals surface area contributed by atoms with Crippen LogP contribution in [0, 0.1) is 5.92 Å². The summed E-state index contributed by atoms with van der Waals surface area (Å²) < 4.78 is 35.3. The first-order chi connectivity index (χ1) is 21.6. The predicted molar refractivity (Wildman–Crippen MR) is 176 cm³/mol. The molecule has 3 heterocycles. The van der Waals surface area contributed by atoms with Crippen molar-refractivity contribution in [1.29, 1.82) is 0 Å². The van der Waals surface area contributed by atoms with E-state index < -0.39 is 21.7 Å². The highest BCUT2D eigenvalue weighted by Gasteiger charge is 2.49. The summed E-state index contributed by atoms with van der Waals surface area (Å²) in [7, 11) is 1.05. The first-order valence-electron chi connectivity index (χ1n) is 16.4. The summed E-state index contributed by atoms with van der Waals surface area (Å²) in [4.78, 5) is 31.7. The molecule has 1 N–H and O–H groups in total. The van der Waals surface area contributed by atoms with Crippen LogP contribution in [0.5, 0.6) is 5.75 Å². The van der Waals surface area contributed by atoms with Crippen molar-refractivity contribution in [1.82, 2.24) is 13.9 Å². The number of methoxy groups -OCH3 is 1. The number of amides is 2. The molecule has 1 aliphatic carbocycles. The minimum Gasteiger partial charge on any atom is -0.497 e. The van der Waals surface area contributed by atoms with E-state index in [9.17, 15) is 18.0 Å². The molecule has 0 spiro atoms. The van der Waals surface area contributed by atoms with E-state index in [2.05, 4.69) is 21.8 Å². The van der Waals surface area contributed by atoms with Crippen LogP contribution in [0.1, 0.15) is 91.3 Å². The van der Waals surface area contributed by atoms with Gasteiger partial charge in [-0.3, -0.25) is 9.59 Å². The van der Waals surface area contributed by atoms with Crippen molar-refractivity contribution >= 4 is 33.8 Å². The molecule has 1 fully saturated rings. The zero-order valence-corrected chi connectivity index (χ0v) is 27.6. The number of fused-ring (bicyclic) bond motifs is 4. The van der Waals surface area contributed by atoms with Crippen LogP contribution >= 0.6 is 0 Å². The van der Waals surface area contributed by atoms with E-state index in [1.807, 2.05) is 36.2 Å². The lowest BCUT2D eigenvalue weighted by atomic mass is 9.73. The number of nitrogens with zero attached hydrogens (tertiary/aromatic N) is 3. The number of carbonyl (C=O) groups is 2. The summed E-state index contributed by atoms with van der Waals surface area (Å²) in [5, 5.41) is 0. The zero-order chi connectivity index (χ0) is 31.8. The van der Waals surface area contributed by atoms with Gasteiger partial charge in [0.1, 0.15) is 5.75 Å². The molecule has 6 rings (SSSR count). The third-order valence-corrected chi connectivity index (χ3v) is 11.8. The maximum Gasteiger partial charge on any atom is 0.303 e. The van der Waals surface area contributed by atoms with Gasteiger partial charge < -0.3 is 14.5 Å². The first-order valence-corrected chi connectivity index (χ1v) is 17.9. The van der Waals surface area contributed by atoms with Gasteiger partial charge in [0.05, 0.1) is 12.6 Å². The zero-order valence-electron chi connectivity index (χ0n) is 26.8. The van der Waals surface area contributed by atoms with Gasteiger partial charge in [0.15, 0.2) is 0 Å². The van der Waals surface area contributed by atoms with E-state index in [1.165, 1.54) is 43.5 Å². The molecular weight excluding hydrogens is 588 g/mol. The van der Waals surface area contributed by atoms with Crippen LogP contribution in [0.15, 0.2) is 42.0 Å². The van der Waals surface area contributed by atoms with E-state index in [0.717, 1.165) is 60.2 Å². The third-order valence-electron chi connectivity index (χ3n) is 10.4. The van der Waals surface area contributed by atoms with E-state index in [-0.39, 0.29) is 11.5 Å². The Hall–Kier alpha value is -3.37. The molecule has 0 saturated heterocycles. The molecule has 0 aromatic heterocycles. The number of nitrogens with one attached hydrogen (secondary N) is 1. The van der Waals surface area contributed by atoms with E-state index >= 15 is 0 Å². The van der Waals surface area contributed by atoms with E-state index in [0.29, 0.717) is 37.5 Å². The molecular formula is C35H46N4O5S. The van der Waals surface area contributed by atoms with Crippen LogP contribution in [0.2, 0.25) is 0 Å². The summed E-state index contributed by atoms with van der Waals surface area (Å²) >= 11 is 0. The van der Waals surface area contributed by atoms with Crippen LogP contribution < -0.4 is 14.4 Å². The van der Waals surface area contributed by atoms with E-state index in [4.69, 9.17) is 4.74 Å². The van der Waals surface area contributed by atoms with Gasteiger partial charge in [-0.15, -0.1) is 0 Å². The molecule has 2 amide bonds. The SMILES string of the molecule is COc1ccc2c(c1)C=C1CN3c4cc(ccc4CC23CC2CCCCC2)C(=O)NS(=O)(=O)N(C)CCCCCCN(C)C1=O. The molecule has 2 aromatic carbocycles. The molecule has 1 saturated carbocycles. The Labute approximate surface area is 267 Å². The average Bonchev–Trinajstić information content (AvgIpc) is 3.26. The molecule has 3 aliphatic heterocycles. The quantitative estimate of drug-likeness (QED) is 0.495. The molecule has 4 bridgehead atoms. The van der Waals surface area contributed by atoms with Crippen LogP contribution in [0.25, 0.3) is 6.08 Å². The van der Waals surface area contributed by atoms with Gasteiger partial charge in [-0.1, -0.05) is 57.1 Å². The molecule has 1 atom stereocenters. The second-order valence-corrected chi connectivity index (χ2v) is 15.1. The van der Waals surface area contributed by atoms with Gasteiger partial charge in [0.2, 0.25) is 0 Å². The van der Waals surface area contributed by atoms with Gasteiger partial charge in [-0.2, -0.15) is 12.7 Å². The highest BCUT2D eigenvalue weighted by Crippen LogP contribution is 2.53. The van der Waals surface area contributed by atoms with Crippen molar-refractivity contribution in [2.24, 2.45) is 5.92 Å². The summed E-state index contributed by atoms with van der Waals surface area (Å²) in [5.74, 6) is 0.644. The van der Waals surface area contributed by atoms with Gasteiger partial charge >= 0.3 is 10.2 Å². The Balaban J connectivity index is 1.50. The second kappa shape index (κ2) is 12.8. The number of rotatable bonds is 3. The van der Waals surface area contributed by atoms with Crippen molar-refractivity contribution in [3.8, 4) is 5.75 Å². The van der Waals surface area contributed by atoms with Gasteiger partial charge in [-0.25, -0.2) is 4.72 Å². The number of anilines is 1. The summed E-state index contributed by atoms with van der Waals surface area (Å²) in [5.41, 5.74) is 4.70. The number of likely N-dealkylation sites (N-methyl/N-ethyl adjacent to an activating group) is 1. The predicted octanol–water partition coefficient (Wildman–Crippen LogP) is 5.26. The van der Waals surface area contributed by atoms with E-state index in [1.54, 1.807) is 13.2 Å². The highest BCUT2D eigenvalue weighted by molar-refractivity contribution is 7.87. The Morgan fingerprint density at radius 2 is 1.67 bits per heavy atom. The lowest BCUT2D eigenvalue weighted by Crippen LogP contribution is -2.47. The maximum absolute atomic E-state index is 14.1. The molecule has 1 unspecified atom stereocenters. The molecule has 2 aromatic rings. The number of carbonyl (C=O) groups excluding carboxylic acids is 2. The topological polar surface area (TPSA) is 99.3 Å². The van der Waals surface area contributed by atoms with Gasteiger partial charge in [-0.05, 0) is 72.2 Å². The molecule has 9 nitrogen and oxygen atoms in total. The fraction of sp³-hybridized carbons (Fsp3) is 0.543. The normalized spacial score (nSPS) is 24.7. The maximum atomic E-state index is 14.1. The van der Waals surface area contributed by atoms with Crippen molar-refractivity contribution in [2.75, 3.05) is 45.7 Å². The lowest BCUT2D eigenvalue weighted by Gasteiger charge is -2.44. The number of hydrogen-bond acceptors (Lipinski definition) is 6. The third kappa shape index (κ3) is 6.23. The second-order valence-electron chi connectivity index (χ2n) is 13.4. The summed E-state index contributed by atoms with van der Waals surface area (Å²) in [6.45, 7) is 1.33. The molecule has 242 valence electrons. The van der Waals surface area contributed by atoms with Gasteiger partial charge in [0.25, 0.3) is 11.8 Å². The van der Waals surface area contributed by atoms with Gasteiger partial charge in [0, 0.05) is 57.0 Å². The minimum atomic E-state index is -3.99. The van der Waals surface area contributed by atoms with Crippen molar-refractivity contribution in [3.05, 3.63) is 64.2 Å². The fourth-order valence-electron chi connectivity index (χ4n) is 7.89. The lowest BCUT2D eigenvalue weighted by molar-refractivity contribution is -0.125. The monoisotopic (exact) mass is 634 g/mol. The summed E-state index contributed by atoms with van der Waals surface area (Å²) in [6, 6.07) is 11.7. The largest absolute Gasteiger partial charge is 0.497 e. The standard InChI is InChI=1S/C35H46N4O5S/c1-37-17-9-4-5-10-18-38(2)45(42,43)36-33(40)26-13-14-27-23-35(22-25-11-7-6-8-12-25)31-16-15-30(44-3)20-28(31)19-29(34(37)41)24-39(35)32(27)21-26/h13-16,19-21,25H,4-12,17-18,22-24H2,1-3H3,(H,36,40). The average molecular weight is 635 g/mol. The highest BCUT2D eigenvalue weighted by atomic mass is 32.2. The van der Waals surface area contributed by atoms with Crippen LogP contribution in [0.3, 0.4) is 0 Å². The number of ether oxygens (including phenoxy) is 1. The molecule has 4 aliphatic rings. The number of benzene rings is 2. The van der Waals surface area contributed by atoms with Crippen LogP contribution in [-0.2, 0) is 27.0 Å². The first kappa shape index (κ1) is 31.6. The van der Waals surface area contributed by atoms with Crippen molar-refractivity contribution in [2.45, 2.75) is 76.2 Å². The van der Waals surface area contributed by atoms with Crippen molar-refractivity contribution < 1.29 is 22.7 Å². The Kier molecular flexibility index (Phi) is 8.98. The molecule has 10 heteroatoms. The minimum absolute atomic E-state index is 0.00604. The fourth-order valence-corrected chi connectivity index (χ4v) is 8.76. The molecule has 0 radical (unpaired) electrons. The Bertz CT molecular complexity index is 1600. The van der Waals surface area contributed by atoms with Crippen molar-refractivity contribution in [3.63, 3.8) is 0 Å². The number of hydrogen-bond donors (Lipinski definition) is 1. The summed E-state index contributed by atoms with van der Waals surface area (Å²) in [6.07, 6.45) is 13.0.